The number of nitrogens with zero attached hydrogens (tertiary/aromatic N) is 9. The molecule has 0 N–H and O–H groups in total. The first kappa shape index (κ1) is 46.8. The van der Waals surface area contributed by atoms with Crippen LogP contribution >= 0.6 is 7.81 Å². The molecule has 0 atom stereocenters. The minimum absolute atomic E-state index is 0. The van der Waals surface area contributed by atoms with Gasteiger partial charge in [-0.15, -0.1) is 0 Å². The summed E-state index contributed by atoms with van der Waals surface area (Å²) in [4.78, 5) is 29.6. The zero-order valence-corrected chi connectivity index (χ0v) is 33.3. The quantitative estimate of drug-likeness (QED) is 0.0905. The summed E-state index contributed by atoms with van der Waals surface area (Å²) >= 11 is 0. The number of aryl methyl sites for hydroxylation is 2. The van der Waals surface area contributed by atoms with Crippen LogP contribution in [0, 0.1) is 13.8 Å². The third-order valence-corrected chi connectivity index (χ3v) is 6.33. The molecule has 10 nitrogen and oxygen atoms in total. The van der Waals surface area contributed by atoms with Gasteiger partial charge < -0.3 is 14.8 Å². The van der Waals surface area contributed by atoms with E-state index in [-0.39, 0.29) is 19.5 Å². The molecular weight excluding hydrogens is 845 g/mol. The molecule has 7 aromatic heterocycles. The van der Waals surface area contributed by atoms with Crippen LogP contribution in [-0.4, -0.2) is 53.2 Å². The first-order valence-electron chi connectivity index (χ1n) is 16.5. The first-order valence-corrected chi connectivity index (χ1v) is 18.6. The summed E-state index contributed by atoms with van der Waals surface area (Å²) in [6.45, 7) is 9.78. The van der Waals surface area contributed by atoms with E-state index >= 15 is 0 Å². The molecule has 7 aromatic rings. The van der Waals surface area contributed by atoms with Gasteiger partial charge in [-0.3, -0.25) is 35.0 Å². The SMILES string of the molecule is CCOCC.Cc1ccnc(-c2cc(C)ccn2)c1.F[P-](F)(F)(F)(F)F.[Ru+2].c1ccc(-c2ccccn2)nc1.c1ccc(-c2n[n-]c(-c3ccccn3)n2)nc1. The normalized spacial score (nSPS) is 11.4. The molecule has 7 heterocycles. The third-order valence-electron chi connectivity index (χ3n) is 6.33. The van der Waals surface area contributed by atoms with Crippen LogP contribution in [0.5, 0.6) is 0 Å². The van der Waals surface area contributed by atoms with E-state index in [0.717, 1.165) is 36.0 Å². The number of ether oxygens (including phenoxy) is 1. The molecule has 0 unspecified atom stereocenters. The van der Waals surface area contributed by atoms with Gasteiger partial charge in [-0.25, -0.2) is 0 Å². The molecule has 0 aromatic carbocycles. The number of rotatable bonds is 6. The number of hydrogen-bond donors (Lipinski definition) is 0. The molecule has 7 rings (SSSR count). The Kier molecular flexibility index (Phi) is 18.1. The molecular formula is C38H38F6N9OPRu. The topological polar surface area (TPSA) is 126 Å². The van der Waals surface area contributed by atoms with Gasteiger partial charge in [-0.05, 0) is 117 Å². The van der Waals surface area contributed by atoms with Crippen molar-refractivity contribution in [2.45, 2.75) is 27.7 Å². The molecule has 0 spiro atoms. The van der Waals surface area contributed by atoms with Crippen LogP contribution in [0.25, 0.3) is 45.8 Å². The van der Waals surface area contributed by atoms with E-state index in [1.165, 1.54) is 11.1 Å². The Hall–Kier alpha value is -5.37. The van der Waals surface area contributed by atoms with E-state index in [4.69, 9.17) is 4.74 Å². The molecule has 18 heteroatoms. The standard InChI is InChI=1S/C12H8N5.C12H12N2.C10H8N2.C4H10O.F6P.Ru/c1-3-7-13-9(5-1)11-15-12(17-16-11)10-6-2-4-8-14-10;1-9-3-5-13-11(7-9)12-8-10(2)4-6-14-12;1-3-7-11-9(5-1)10-6-2-4-8-12-10;1-3-5-4-2;1-7(2,3,4,5)6;/h1-8H;3-8H,1-2H3;1-8H;3-4H2,1-2H3;;/q-1;;;;-1;+2. The van der Waals surface area contributed by atoms with Crippen molar-refractivity contribution in [3.05, 3.63) is 145 Å². The Morgan fingerprint density at radius 2 is 0.857 bits per heavy atom. The average molecular weight is 883 g/mol. The van der Waals surface area contributed by atoms with Crippen molar-refractivity contribution in [1.82, 2.24) is 45.1 Å². The van der Waals surface area contributed by atoms with E-state index in [9.17, 15) is 25.2 Å². The summed E-state index contributed by atoms with van der Waals surface area (Å²) in [6.07, 6.45) is 10.6. The second-order valence-electron chi connectivity index (χ2n) is 11.0. The second kappa shape index (κ2) is 21.7. The number of aromatic nitrogens is 9. The van der Waals surface area contributed by atoms with E-state index < -0.39 is 7.81 Å². The van der Waals surface area contributed by atoms with E-state index in [1.54, 1.807) is 24.8 Å². The summed E-state index contributed by atoms with van der Waals surface area (Å²) in [5.41, 5.74) is 7.54. The van der Waals surface area contributed by atoms with Crippen molar-refractivity contribution in [3.8, 4) is 45.8 Å². The van der Waals surface area contributed by atoms with Crippen LogP contribution in [0.3, 0.4) is 0 Å². The third kappa shape index (κ3) is 20.4. The van der Waals surface area contributed by atoms with Gasteiger partial charge in [0.05, 0.1) is 40.0 Å². The minimum atomic E-state index is -10.7. The number of pyridine rings is 6. The van der Waals surface area contributed by atoms with Crippen molar-refractivity contribution in [3.63, 3.8) is 0 Å². The molecule has 0 bridgehead atoms. The van der Waals surface area contributed by atoms with Crippen LogP contribution in [0.1, 0.15) is 25.0 Å². The van der Waals surface area contributed by atoms with Crippen LogP contribution in [0.15, 0.2) is 134 Å². The monoisotopic (exact) mass is 883 g/mol. The van der Waals surface area contributed by atoms with Crippen LogP contribution in [-0.2, 0) is 24.2 Å². The molecule has 0 fully saturated rings. The van der Waals surface area contributed by atoms with E-state index in [2.05, 4.69) is 58.9 Å². The van der Waals surface area contributed by atoms with Gasteiger partial charge in [0.15, 0.2) is 0 Å². The first-order chi connectivity index (χ1) is 26.0. The van der Waals surface area contributed by atoms with Gasteiger partial charge in [0.1, 0.15) is 0 Å². The largest absolute Gasteiger partial charge is 2.00 e. The molecule has 0 saturated heterocycles. The molecule has 0 aliphatic carbocycles. The number of halogens is 6. The number of hydrogen-bond acceptors (Lipinski definition) is 9. The summed E-state index contributed by atoms with van der Waals surface area (Å²) in [6, 6.07) is 30.8. The maximum atomic E-state index is 9.87. The molecule has 296 valence electrons. The molecule has 0 saturated carbocycles. The Labute approximate surface area is 333 Å². The Bertz CT molecular complexity index is 1990. The van der Waals surface area contributed by atoms with Gasteiger partial charge in [-0.2, -0.15) is 0 Å². The van der Waals surface area contributed by atoms with Crippen LogP contribution < -0.4 is 5.10 Å². The molecule has 0 amide bonds. The van der Waals surface area contributed by atoms with Gasteiger partial charge in [0, 0.05) is 50.4 Å². The van der Waals surface area contributed by atoms with Crippen molar-refractivity contribution < 1.29 is 49.4 Å². The fourth-order valence-corrected chi connectivity index (χ4v) is 4.03. The molecule has 56 heavy (non-hydrogen) atoms. The smallest absolute Gasteiger partial charge is 0.415 e. The van der Waals surface area contributed by atoms with Crippen molar-refractivity contribution >= 4 is 7.81 Å². The zero-order valence-electron chi connectivity index (χ0n) is 30.6. The molecule has 0 aliphatic rings. The second-order valence-corrected chi connectivity index (χ2v) is 12.9. The van der Waals surface area contributed by atoms with Gasteiger partial charge in [0.2, 0.25) is 0 Å². The van der Waals surface area contributed by atoms with Crippen molar-refractivity contribution in [2.24, 2.45) is 0 Å². The van der Waals surface area contributed by atoms with Crippen molar-refractivity contribution in [1.29, 1.82) is 0 Å². The summed E-state index contributed by atoms with van der Waals surface area (Å²) in [7, 11) is -10.7. The van der Waals surface area contributed by atoms with E-state index in [1.807, 2.05) is 123 Å². The van der Waals surface area contributed by atoms with Crippen LogP contribution in [0.4, 0.5) is 25.2 Å². The predicted molar refractivity (Wildman–Crippen MR) is 202 cm³/mol. The Morgan fingerprint density at radius 1 is 0.500 bits per heavy atom. The predicted octanol–water partition coefficient (Wildman–Crippen LogP) is 10.9. The molecule has 0 radical (unpaired) electrons. The molecule has 0 aliphatic heterocycles. The maximum Gasteiger partial charge on any atom is 2.00 e. The van der Waals surface area contributed by atoms with Gasteiger partial charge >= 0.3 is 52.5 Å². The van der Waals surface area contributed by atoms with Crippen LogP contribution in [0.2, 0.25) is 0 Å². The zero-order chi connectivity index (χ0) is 40.2. The fraction of sp³-hybridized carbons (Fsp3) is 0.158. The fourth-order valence-electron chi connectivity index (χ4n) is 4.03. The Balaban J connectivity index is 0.000000255. The van der Waals surface area contributed by atoms with Gasteiger partial charge in [0.25, 0.3) is 0 Å². The summed E-state index contributed by atoms with van der Waals surface area (Å²) in [5, 5.41) is 8.00. The Morgan fingerprint density at radius 3 is 1.18 bits per heavy atom. The van der Waals surface area contributed by atoms with Crippen molar-refractivity contribution in [2.75, 3.05) is 13.2 Å². The maximum absolute atomic E-state index is 10.7. The average Bonchev–Trinajstić information content (AvgIpc) is 3.67. The summed E-state index contributed by atoms with van der Waals surface area (Å²) < 4.78 is 64.0. The van der Waals surface area contributed by atoms with E-state index in [0.29, 0.717) is 23.0 Å². The summed E-state index contributed by atoms with van der Waals surface area (Å²) in [5.74, 6) is 1.04. The minimum Gasteiger partial charge on any atom is -0.415 e. The van der Waals surface area contributed by atoms with Gasteiger partial charge in [-0.1, -0.05) is 24.3 Å².